The van der Waals surface area contributed by atoms with Crippen LogP contribution in [0.1, 0.15) is 17.0 Å². The minimum absolute atomic E-state index is 0.724. The van der Waals surface area contributed by atoms with Gasteiger partial charge in [-0.15, -0.1) is 5.10 Å². The molecule has 86 valence electrons. The monoisotopic (exact) mass is 220 g/mol. The summed E-state index contributed by atoms with van der Waals surface area (Å²) in [6.45, 7) is 3.59. The maximum atomic E-state index is 4.19. The van der Waals surface area contributed by atoms with Gasteiger partial charge in [0.1, 0.15) is 0 Å². The van der Waals surface area contributed by atoms with Crippen LogP contribution in [0, 0.1) is 6.92 Å². The van der Waals surface area contributed by atoms with Gasteiger partial charge in [-0.1, -0.05) is 5.21 Å². The molecule has 0 fully saturated rings. The Balaban J connectivity index is 1.86. The third-order valence-corrected chi connectivity index (χ3v) is 2.61. The standard InChI is InChI=1S/C10H16N6/c1-8-9(5-12-16(8)3)4-11-6-10-7-15(2)14-13-10/h5,7,11H,4,6H2,1-3H3. The van der Waals surface area contributed by atoms with Gasteiger partial charge in [0, 0.05) is 44.6 Å². The summed E-state index contributed by atoms with van der Waals surface area (Å²) >= 11 is 0. The van der Waals surface area contributed by atoms with E-state index in [1.54, 1.807) is 4.68 Å². The lowest BCUT2D eigenvalue weighted by Crippen LogP contribution is -2.13. The van der Waals surface area contributed by atoms with Gasteiger partial charge in [-0.25, -0.2) is 0 Å². The largest absolute Gasteiger partial charge is 0.307 e. The van der Waals surface area contributed by atoms with E-state index in [0.29, 0.717) is 0 Å². The lowest BCUT2D eigenvalue weighted by atomic mass is 10.2. The van der Waals surface area contributed by atoms with Gasteiger partial charge < -0.3 is 5.32 Å². The van der Waals surface area contributed by atoms with Crippen LogP contribution in [-0.2, 0) is 27.2 Å². The molecule has 0 radical (unpaired) electrons. The highest BCUT2D eigenvalue weighted by atomic mass is 15.4. The van der Waals surface area contributed by atoms with E-state index >= 15 is 0 Å². The molecule has 6 heteroatoms. The van der Waals surface area contributed by atoms with Crippen molar-refractivity contribution in [2.24, 2.45) is 14.1 Å². The molecule has 2 rings (SSSR count). The van der Waals surface area contributed by atoms with Gasteiger partial charge in [-0.3, -0.25) is 9.36 Å². The highest BCUT2D eigenvalue weighted by Crippen LogP contribution is 2.04. The summed E-state index contributed by atoms with van der Waals surface area (Å²) in [5.74, 6) is 0. The molecule has 2 aromatic rings. The topological polar surface area (TPSA) is 60.6 Å². The molecule has 0 aliphatic heterocycles. The van der Waals surface area contributed by atoms with Crippen molar-refractivity contribution in [3.05, 3.63) is 29.3 Å². The summed E-state index contributed by atoms with van der Waals surface area (Å²) in [5, 5.41) is 15.4. The SMILES string of the molecule is Cc1c(CNCc2cn(C)nn2)cnn1C. The van der Waals surface area contributed by atoms with Gasteiger partial charge in [-0.2, -0.15) is 5.10 Å². The fourth-order valence-electron chi connectivity index (χ4n) is 1.52. The maximum absolute atomic E-state index is 4.19. The smallest absolute Gasteiger partial charge is 0.0964 e. The van der Waals surface area contributed by atoms with Gasteiger partial charge >= 0.3 is 0 Å². The van der Waals surface area contributed by atoms with Gasteiger partial charge in [0.2, 0.25) is 0 Å². The van der Waals surface area contributed by atoms with Crippen molar-refractivity contribution in [3.8, 4) is 0 Å². The zero-order valence-corrected chi connectivity index (χ0v) is 9.80. The fourth-order valence-corrected chi connectivity index (χ4v) is 1.52. The number of rotatable bonds is 4. The minimum Gasteiger partial charge on any atom is -0.307 e. The van der Waals surface area contributed by atoms with E-state index in [4.69, 9.17) is 0 Å². The van der Waals surface area contributed by atoms with E-state index < -0.39 is 0 Å². The average molecular weight is 220 g/mol. The highest BCUT2D eigenvalue weighted by molar-refractivity contribution is 5.15. The third-order valence-electron chi connectivity index (χ3n) is 2.61. The number of nitrogens with one attached hydrogen (secondary N) is 1. The zero-order valence-electron chi connectivity index (χ0n) is 9.80. The Kier molecular flexibility index (Phi) is 3.00. The second-order valence-corrected chi connectivity index (χ2v) is 3.87. The van der Waals surface area contributed by atoms with E-state index in [-0.39, 0.29) is 0 Å². The van der Waals surface area contributed by atoms with Gasteiger partial charge in [0.15, 0.2) is 0 Å². The van der Waals surface area contributed by atoms with E-state index in [1.807, 2.05) is 31.2 Å². The first-order valence-corrected chi connectivity index (χ1v) is 5.20. The third kappa shape index (κ3) is 2.27. The number of aromatic nitrogens is 5. The molecule has 0 unspecified atom stereocenters. The van der Waals surface area contributed by atoms with Crippen molar-refractivity contribution in [2.75, 3.05) is 0 Å². The Hall–Kier alpha value is -1.69. The molecule has 16 heavy (non-hydrogen) atoms. The Morgan fingerprint density at radius 3 is 2.69 bits per heavy atom. The molecule has 1 N–H and O–H groups in total. The van der Waals surface area contributed by atoms with Gasteiger partial charge in [0.25, 0.3) is 0 Å². The van der Waals surface area contributed by atoms with E-state index in [2.05, 4.69) is 27.7 Å². The molecule has 6 nitrogen and oxygen atoms in total. The second kappa shape index (κ2) is 4.44. The van der Waals surface area contributed by atoms with Crippen molar-refractivity contribution in [1.82, 2.24) is 30.1 Å². The Bertz CT molecular complexity index is 469. The molecule has 0 saturated carbocycles. The number of nitrogens with zero attached hydrogens (tertiary/aromatic N) is 5. The summed E-state index contributed by atoms with van der Waals surface area (Å²) in [4.78, 5) is 0. The lowest BCUT2D eigenvalue weighted by molar-refractivity contribution is 0.668. The predicted octanol–water partition coefficient (Wildman–Crippen LogP) is 0.147. The molecule has 0 spiro atoms. The minimum atomic E-state index is 0.724. The summed E-state index contributed by atoms with van der Waals surface area (Å²) in [6.07, 6.45) is 3.79. The van der Waals surface area contributed by atoms with Crippen molar-refractivity contribution in [2.45, 2.75) is 20.0 Å². The average Bonchev–Trinajstić information content (AvgIpc) is 2.79. The molecule has 0 aliphatic carbocycles. The van der Waals surface area contributed by atoms with Crippen LogP contribution < -0.4 is 5.32 Å². The zero-order chi connectivity index (χ0) is 11.5. The molecule has 0 aliphatic rings. The highest BCUT2D eigenvalue weighted by Gasteiger charge is 2.03. The molecule has 0 atom stereocenters. The van der Waals surface area contributed by atoms with Crippen LogP contribution in [0.3, 0.4) is 0 Å². The van der Waals surface area contributed by atoms with Crippen LogP contribution in [0.4, 0.5) is 0 Å². The molecule has 2 aromatic heterocycles. The molecule has 0 aromatic carbocycles. The predicted molar refractivity (Wildman–Crippen MR) is 59.5 cm³/mol. The Morgan fingerprint density at radius 1 is 1.31 bits per heavy atom. The molecular formula is C10H16N6. The van der Waals surface area contributed by atoms with E-state index in [1.165, 1.54) is 11.3 Å². The summed E-state index contributed by atoms with van der Waals surface area (Å²) in [6, 6.07) is 0. The van der Waals surface area contributed by atoms with Gasteiger partial charge in [0.05, 0.1) is 11.9 Å². The van der Waals surface area contributed by atoms with Crippen LogP contribution in [-0.4, -0.2) is 24.8 Å². The number of hydrogen-bond donors (Lipinski definition) is 1. The van der Waals surface area contributed by atoms with Crippen molar-refractivity contribution in [3.63, 3.8) is 0 Å². The summed E-state index contributed by atoms with van der Waals surface area (Å²) in [5.41, 5.74) is 3.35. The lowest BCUT2D eigenvalue weighted by Gasteiger charge is -2.01. The maximum Gasteiger partial charge on any atom is 0.0964 e. The van der Waals surface area contributed by atoms with Crippen LogP contribution >= 0.6 is 0 Å². The molecule has 0 amide bonds. The van der Waals surface area contributed by atoms with Crippen LogP contribution in [0.5, 0.6) is 0 Å². The normalized spacial score (nSPS) is 10.9. The van der Waals surface area contributed by atoms with Crippen LogP contribution in [0.15, 0.2) is 12.4 Å². The van der Waals surface area contributed by atoms with Gasteiger partial charge in [-0.05, 0) is 6.92 Å². The quantitative estimate of drug-likeness (QED) is 0.796. The molecule has 0 saturated heterocycles. The second-order valence-electron chi connectivity index (χ2n) is 3.87. The summed E-state index contributed by atoms with van der Waals surface area (Å²) < 4.78 is 3.58. The van der Waals surface area contributed by atoms with Crippen molar-refractivity contribution >= 4 is 0 Å². The van der Waals surface area contributed by atoms with Crippen molar-refractivity contribution < 1.29 is 0 Å². The number of hydrogen-bond acceptors (Lipinski definition) is 4. The Labute approximate surface area is 94.3 Å². The first-order valence-electron chi connectivity index (χ1n) is 5.20. The first-order chi connectivity index (χ1) is 7.66. The Morgan fingerprint density at radius 2 is 2.12 bits per heavy atom. The first kappa shape index (κ1) is 10.8. The molecule has 2 heterocycles. The number of aryl methyl sites for hydroxylation is 2. The summed E-state index contributed by atoms with van der Waals surface area (Å²) in [7, 11) is 3.81. The van der Waals surface area contributed by atoms with Crippen LogP contribution in [0.2, 0.25) is 0 Å². The van der Waals surface area contributed by atoms with Crippen LogP contribution in [0.25, 0.3) is 0 Å². The fraction of sp³-hybridized carbons (Fsp3) is 0.500. The van der Waals surface area contributed by atoms with Crippen molar-refractivity contribution in [1.29, 1.82) is 0 Å². The molecular weight excluding hydrogens is 204 g/mol. The van der Waals surface area contributed by atoms with E-state index in [0.717, 1.165) is 18.8 Å². The molecule has 0 bridgehead atoms. The van der Waals surface area contributed by atoms with E-state index in [9.17, 15) is 0 Å².